The van der Waals surface area contributed by atoms with E-state index in [0.717, 1.165) is 5.56 Å². The Balaban J connectivity index is 3.06. The van der Waals surface area contributed by atoms with Crippen molar-refractivity contribution in [1.29, 1.82) is 0 Å². The number of nitrogens with zero attached hydrogens (tertiary/aromatic N) is 2. The first-order chi connectivity index (χ1) is 7.00. The minimum Gasteiger partial charge on any atom is -0.370 e. The minimum absolute atomic E-state index is 0.0417. The van der Waals surface area contributed by atoms with Gasteiger partial charge in [0.2, 0.25) is 0 Å². The van der Waals surface area contributed by atoms with Crippen LogP contribution in [0.3, 0.4) is 0 Å². The summed E-state index contributed by atoms with van der Waals surface area (Å²) in [6, 6.07) is 4.93. The van der Waals surface area contributed by atoms with Crippen LogP contribution in [0.5, 0.6) is 0 Å². The van der Waals surface area contributed by atoms with Gasteiger partial charge in [-0.25, -0.2) is 4.99 Å². The van der Waals surface area contributed by atoms with Crippen molar-refractivity contribution in [3.63, 3.8) is 0 Å². The van der Waals surface area contributed by atoms with Gasteiger partial charge in [0.1, 0.15) is 0 Å². The Hall–Kier alpha value is -2.11. The van der Waals surface area contributed by atoms with E-state index in [9.17, 15) is 10.1 Å². The van der Waals surface area contributed by atoms with Crippen LogP contribution in [0.25, 0.3) is 0 Å². The summed E-state index contributed by atoms with van der Waals surface area (Å²) in [6.07, 6.45) is 0. The van der Waals surface area contributed by atoms with Crippen molar-refractivity contribution in [1.82, 2.24) is 0 Å². The molecule has 0 amide bonds. The van der Waals surface area contributed by atoms with Crippen LogP contribution < -0.4 is 11.5 Å². The quantitative estimate of drug-likeness (QED) is 0.329. The second kappa shape index (κ2) is 4.41. The lowest BCUT2D eigenvalue weighted by molar-refractivity contribution is -0.385. The standard InChI is InChI=1S/C9H12N4O2/c1-6-2-3-7(5-12-9(10)11)8(4-6)13(14)15/h2-4H,5H2,1H3,(H4,10,11,12). The molecule has 0 fully saturated rings. The summed E-state index contributed by atoms with van der Waals surface area (Å²) in [6.45, 7) is 1.91. The molecule has 0 bridgehead atoms. The Morgan fingerprint density at radius 1 is 1.53 bits per heavy atom. The molecule has 0 aliphatic heterocycles. The number of guanidine groups is 1. The summed E-state index contributed by atoms with van der Waals surface area (Å²) in [5, 5.41) is 10.7. The third-order valence-electron chi connectivity index (χ3n) is 1.87. The van der Waals surface area contributed by atoms with Crippen LogP contribution in [-0.2, 0) is 6.54 Å². The molecule has 6 heteroatoms. The average Bonchev–Trinajstić information content (AvgIpc) is 2.15. The van der Waals surface area contributed by atoms with Gasteiger partial charge in [0, 0.05) is 6.07 Å². The van der Waals surface area contributed by atoms with Crippen LogP contribution in [0.4, 0.5) is 5.69 Å². The Morgan fingerprint density at radius 3 is 2.73 bits per heavy atom. The summed E-state index contributed by atoms with van der Waals surface area (Å²) in [7, 11) is 0. The molecule has 1 rings (SSSR count). The normalized spacial score (nSPS) is 9.67. The number of rotatable bonds is 3. The second-order valence-electron chi connectivity index (χ2n) is 3.13. The number of aliphatic imine (C=N–C) groups is 1. The first-order valence-electron chi connectivity index (χ1n) is 4.30. The Bertz CT molecular complexity index is 411. The summed E-state index contributed by atoms with van der Waals surface area (Å²) in [5.41, 5.74) is 11.7. The summed E-state index contributed by atoms with van der Waals surface area (Å²) in [4.78, 5) is 14.0. The topological polar surface area (TPSA) is 108 Å². The van der Waals surface area contributed by atoms with Gasteiger partial charge in [-0.3, -0.25) is 10.1 Å². The second-order valence-corrected chi connectivity index (χ2v) is 3.13. The average molecular weight is 208 g/mol. The van der Waals surface area contributed by atoms with Crippen molar-refractivity contribution < 1.29 is 4.92 Å². The molecule has 0 saturated carbocycles. The molecule has 0 heterocycles. The third kappa shape index (κ3) is 2.94. The van der Waals surface area contributed by atoms with Gasteiger partial charge in [0.25, 0.3) is 5.69 Å². The zero-order valence-corrected chi connectivity index (χ0v) is 8.30. The van der Waals surface area contributed by atoms with E-state index in [1.165, 1.54) is 6.07 Å². The number of aryl methyl sites for hydroxylation is 1. The molecule has 1 aromatic carbocycles. The van der Waals surface area contributed by atoms with E-state index < -0.39 is 4.92 Å². The zero-order valence-electron chi connectivity index (χ0n) is 8.30. The monoisotopic (exact) mass is 208 g/mol. The van der Waals surface area contributed by atoms with Crippen molar-refractivity contribution in [2.75, 3.05) is 0 Å². The van der Waals surface area contributed by atoms with Gasteiger partial charge in [0.15, 0.2) is 5.96 Å². The molecular weight excluding hydrogens is 196 g/mol. The predicted molar refractivity (Wildman–Crippen MR) is 57.3 cm³/mol. The highest BCUT2D eigenvalue weighted by Gasteiger charge is 2.12. The molecule has 15 heavy (non-hydrogen) atoms. The van der Waals surface area contributed by atoms with Gasteiger partial charge in [-0.1, -0.05) is 12.1 Å². The van der Waals surface area contributed by atoms with E-state index in [1.54, 1.807) is 19.1 Å². The van der Waals surface area contributed by atoms with Crippen LogP contribution in [0, 0.1) is 17.0 Å². The molecule has 0 saturated heterocycles. The van der Waals surface area contributed by atoms with Gasteiger partial charge in [-0.15, -0.1) is 0 Å². The lowest BCUT2D eigenvalue weighted by Gasteiger charge is -2.01. The Labute approximate surface area is 86.8 Å². The number of benzene rings is 1. The van der Waals surface area contributed by atoms with Gasteiger partial charge in [-0.2, -0.15) is 0 Å². The lowest BCUT2D eigenvalue weighted by atomic mass is 10.1. The largest absolute Gasteiger partial charge is 0.370 e. The summed E-state index contributed by atoms with van der Waals surface area (Å²) >= 11 is 0. The molecule has 6 nitrogen and oxygen atoms in total. The van der Waals surface area contributed by atoms with Gasteiger partial charge in [-0.05, 0) is 12.5 Å². The van der Waals surface area contributed by atoms with Crippen molar-refractivity contribution >= 4 is 11.6 Å². The fourth-order valence-corrected chi connectivity index (χ4v) is 1.15. The molecule has 4 N–H and O–H groups in total. The van der Waals surface area contributed by atoms with Gasteiger partial charge >= 0.3 is 0 Å². The molecule has 0 radical (unpaired) electrons. The molecule has 1 aromatic rings. The molecule has 0 spiro atoms. The SMILES string of the molecule is Cc1ccc(CN=C(N)N)c([N+](=O)[O-])c1. The maximum absolute atomic E-state index is 10.7. The Kier molecular flexibility index (Phi) is 3.22. The lowest BCUT2D eigenvalue weighted by Crippen LogP contribution is -2.22. The number of nitro benzene ring substituents is 1. The maximum Gasteiger partial charge on any atom is 0.274 e. The molecule has 0 aliphatic carbocycles. The summed E-state index contributed by atoms with van der Waals surface area (Å²) < 4.78 is 0. The van der Waals surface area contributed by atoms with Crippen molar-refractivity contribution in [2.45, 2.75) is 13.5 Å². The van der Waals surface area contributed by atoms with E-state index >= 15 is 0 Å². The van der Waals surface area contributed by atoms with Crippen LogP contribution in [0.1, 0.15) is 11.1 Å². The van der Waals surface area contributed by atoms with Gasteiger partial charge < -0.3 is 11.5 Å². The number of nitrogens with two attached hydrogens (primary N) is 2. The van der Waals surface area contributed by atoms with Crippen LogP contribution >= 0.6 is 0 Å². The number of nitro groups is 1. The van der Waals surface area contributed by atoms with Gasteiger partial charge in [0.05, 0.1) is 17.0 Å². The highest BCUT2D eigenvalue weighted by Crippen LogP contribution is 2.20. The van der Waals surface area contributed by atoms with E-state index in [-0.39, 0.29) is 18.2 Å². The smallest absolute Gasteiger partial charge is 0.274 e. The number of hydrogen-bond donors (Lipinski definition) is 2. The molecule has 0 atom stereocenters. The Morgan fingerprint density at radius 2 is 2.20 bits per heavy atom. The van der Waals surface area contributed by atoms with E-state index in [2.05, 4.69) is 4.99 Å². The highest BCUT2D eigenvalue weighted by atomic mass is 16.6. The minimum atomic E-state index is -0.440. The molecule has 80 valence electrons. The van der Waals surface area contributed by atoms with Crippen LogP contribution in [0.15, 0.2) is 23.2 Å². The fraction of sp³-hybridized carbons (Fsp3) is 0.222. The van der Waals surface area contributed by atoms with Crippen LogP contribution in [0.2, 0.25) is 0 Å². The third-order valence-corrected chi connectivity index (χ3v) is 1.87. The fourth-order valence-electron chi connectivity index (χ4n) is 1.15. The first kappa shape index (κ1) is 11.0. The van der Waals surface area contributed by atoms with Crippen molar-refractivity contribution in [3.8, 4) is 0 Å². The molecule has 0 aliphatic rings. The van der Waals surface area contributed by atoms with E-state index in [0.29, 0.717) is 5.56 Å². The van der Waals surface area contributed by atoms with Crippen molar-refractivity contribution in [2.24, 2.45) is 16.5 Å². The maximum atomic E-state index is 10.7. The summed E-state index contributed by atoms with van der Waals surface area (Å²) in [5.74, 6) is -0.0788. The molecule has 0 aromatic heterocycles. The van der Waals surface area contributed by atoms with E-state index in [4.69, 9.17) is 11.5 Å². The first-order valence-corrected chi connectivity index (χ1v) is 4.30. The highest BCUT2D eigenvalue weighted by molar-refractivity contribution is 5.75. The number of hydrogen-bond acceptors (Lipinski definition) is 3. The molecule has 0 unspecified atom stereocenters. The van der Waals surface area contributed by atoms with E-state index in [1.807, 2.05) is 0 Å². The molecular formula is C9H12N4O2. The zero-order chi connectivity index (χ0) is 11.4. The van der Waals surface area contributed by atoms with Crippen molar-refractivity contribution in [3.05, 3.63) is 39.4 Å². The van der Waals surface area contributed by atoms with Crippen LogP contribution in [-0.4, -0.2) is 10.9 Å². The predicted octanol–water partition coefficient (Wildman–Crippen LogP) is 0.677.